The van der Waals surface area contributed by atoms with Crippen molar-refractivity contribution in [3.8, 4) is 5.75 Å². The average molecular weight is 535 g/mol. The number of nitrogens with one attached hydrogen (secondary N) is 1. The number of fused-ring (bicyclic) bond motifs is 1. The lowest BCUT2D eigenvalue weighted by atomic mass is 9.74. The highest BCUT2D eigenvalue weighted by atomic mass is 19.2. The molecule has 1 atom stereocenters. The Bertz CT molecular complexity index is 1250. The van der Waals surface area contributed by atoms with Crippen LogP contribution in [0.3, 0.4) is 0 Å². The van der Waals surface area contributed by atoms with E-state index in [0.29, 0.717) is 79.3 Å². The summed E-state index contributed by atoms with van der Waals surface area (Å²) in [6.45, 7) is 2.30. The first-order chi connectivity index (χ1) is 18.3. The lowest BCUT2D eigenvalue weighted by Gasteiger charge is -2.41. The number of halogens is 4. The molecule has 1 aromatic heterocycles. The molecule has 0 aliphatic carbocycles. The number of piperidine rings is 1. The van der Waals surface area contributed by atoms with E-state index in [2.05, 4.69) is 15.2 Å². The first-order valence-corrected chi connectivity index (χ1v) is 12.8. The summed E-state index contributed by atoms with van der Waals surface area (Å²) in [4.78, 5) is 6.54. The van der Waals surface area contributed by atoms with Crippen LogP contribution in [0.25, 0.3) is 10.9 Å². The Balaban J connectivity index is 1.35. The van der Waals surface area contributed by atoms with Gasteiger partial charge in [0.15, 0.2) is 11.6 Å². The van der Waals surface area contributed by atoms with E-state index in [-0.39, 0.29) is 25.3 Å². The summed E-state index contributed by atoms with van der Waals surface area (Å²) in [5, 5.41) is 13.7. The van der Waals surface area contributed by atoms with Crippen molar-refractivity contribution in [1.82, 2.24) is 9.88 Å². The topological polar surface area (TPSA) is 83.6 Å². The molecule has 1 aliphatic heterocycles. The first kappa shape index (κ1) is 28.1. The fourth-order valence-electron chi connectivity index (χ4n) is 5.24. The van der Waals surface area contributed by atoms with E-state index in [0.717, 1.165) is 6.07 Å². The van der Waals surface area contributed by atoms with E-state index >= 15 is 4.39 Å². The third kappa shape index (κ3) is 6.19. The van der Waals surface area contributed by atoms with E-state index in [1.165, 1.54) is 0 Å². The van der Waals surface area contributed by atoms with Crippen LogP contribution in [-0.4, -0.2) is 54.9 Å². The van der Waals surface area contributed by atoms with Gasteiger partial charge in [0.05, 0.1) is 18.3 Å². The second-order valence-corrected chi connectivity index (χ2v) is 9.97. The molecule has 4 N–H and O–H groups in total. The minimum absolute atomic E-state index is 0.0474. The zero-order valence-corrected chi connectivity index (χ0v) is 21.5. The van der Waals surface area contributed by atoms with Gasteiger partial charge in [0.1, 0.15) is 17.7 Å². The third-order valence-corrected chi connectivity index (χ3v) is 7.65. The zero-order valence-electron chi connectivity index (χ0n) is 21.5. The molecule has 206 valence electrons. The van der Waals surface area contributed by atoms with Crippen molar-refractivity contribution in [2.75, 3.05) is 45.2 Å². The summed E-state index contributed by atoms with van der Waals surface area (Å²) in [7, 11) is 1.56. The van der Waals surface area contributed by atoms with Crippen molar-refractivity contribution in [3.05, 3.63) is 65.1 Å². The Labute approximate surface area is 219 Å². The van der Waals surface area contributed by atoms with Crippen LogP contribution in [0.15, 0.2) is 36.5 Å². The van der Waals surface area contributed by atoms with Crippen molar-refractivity contribution in [1.29, 1.82) is 0 Å². The van der Waals surface area contributed by atoms with Crippen LogP contribution in [0.1, 0.15) is 43.0 Å². The lowest BCUT2D eigenvalue weighted by Crippen LogP contribution is -2.43. The quantitative estimate of drug-likeness (QED) is 0.235. The van der Waals surface area contributed by atoms with Gasteiger partial charge in [-0.05, 0) is 68.0 Å². The SMILES string of the molecule is COc1ccc2ncc(CN)c(C(F)CCC3(CO)CCN(CCNc4cc(F)cc(F)c4F)CC3)c2c1. The standard InChI is InChI=1S/C28H34F4N4O2/c1-38-20-2-3-24-21(14-20)26(18(15-33)16-35-24)22(30)4-5-28(17-37)6-9-36(10-7-28)11-8-34-25-13-19(29)12-23(31)27(25)32/h2-3,12-14,16,22,34,37H,4-11,15,17,33H2,1H3. The van der Waals surface area contributed by atoms with Gasteiger partial charge in [0.25, 0.3) is 0 Å². The Morgan fingerprint density at radius 3 is 2.63 bits per heavy atom. The van der Waals surface area contributed by atoms with E-state index < -0.39 is 29.0 Å². The number of aliphatic hydroxyl groups excluding tert-OH is 1. The molecule has 6 nitrogen and oxygen atoms in total. The molecule has 4 rings (SSSR count). The molecule has 1 unspecified atom stereocenters. The molecule has 1 saturated heterocycles. The molecule has 38 heavy (non-hydrogen) atoms. The number of methoxy groups -OCH3 is 1. The van der Waals surface area contributed by atoms with Crippen LogP contribution < -0.4 is 15.8 Å². The van der Waals surface area contributed by atoms with Crippen LogP contribution in [-0.2, 0) is 6.54 Å². The Morgan fingerprint density at radius 2 is 1.95 bits per heavy atom. The van der Waals surface area contributed by atoms with Crippen molar-refractivity contribution in [2.24, 2.45) is 11.1 Å². The second kappa shape index (κ2) is 12.3. The number of pyridine rings is 1. The maximum absolute atomic E-state index is 15.8. The van der Waals surface area contributed by atoms with Crippen molar-refractivity contribution in [3.63, 3.8) is 0 Å². The number of nitrogens with zero attached hydrogens (tertiary/aromatic N) is 2. The number of ether oxygens (including phenoxy) is 1. The number of alkyl halides is 1. The summed E-state index contributed by atoms with van der Waals surface area (Å²) in [6, 6.07) is 6.79. The van der Waals surface area contributed by atoms with E-state index in [9.17, 15) is 18.3 Å². The van der Waals surface area contributed by atoms with Gasteiger partial charge in [-0.15, -0.1) is 0 Å². The number of anilines is 1. The molecule has 2 heterocycles. The van der Waals surface area contributed by atoms with Crippen LogP contribution >= 0.6 is 0 Å². The maximum atomic E-state index is 15.8. The molecule has 1 aliphatic rings. The van der Waals surface area contributed by atoms with Gasteiger partial charge in [0.2, 0.25) is 0 Å². The molecule has 0 amide bonds. The highest BCUT2D eigenvalue weighted by Gasteiger charge is 2.35. The molecule has 0 saturated carbocycles. The van der Waals surface area contributed by atoms with Crippen molar-refractivity contribution in [2.45, 2.75) is 38.4 Å². The maximum Gasteiger partial charge on any atom is 0.182 e. The second-order valence-electron chi connectivity index (χ2n) is 9.97. The van der Waals surface area contributed by atoms with Crippen LogP contribution in [0.2, 0.25) is 0 Å². The number of hydrogen-bond donors (Lipinski definition) is 3. The summed E-state index contributed by atoms with van der Waals surface area (Å²) in [6.07, 6.45) is 2.42. The monoisotopic (exact) mass is 534 g/mol. The molecule has 10 heteroatoms. The van der Waals surface area contributed by atoms with E-state index in [1.807, 2.05) is 0 Å². The molecule has 0 radical (unpaired) electrons. The number of nitrogens with two attached hydrogens (primary N) is 1. The summed E-state index contributed by atoms with van der Waals surface area (Å²) < 4.78 is 61.8. The number of likely N-dealkylation sites (tertiary alicyclic amines) is 1. The predicted molar refractivity (Wildman–Crippen MR) is 139 cm³/mol. The number of hydrogen-bond acceptors (Lipinski definition) is 6. The Kier molecular flexibility index (Phi) is 9.07. The minimum atomic E-state index is -1.28. The van der Waals surface area contributed by atoms with Gasteiger partial charge in [0, 0.05) is 55.5 Å². The smallest absolute Gasteiger partial charge is 0.182 e. The van der Waals surface area contributed by atoms with Gasteiger partial charge in [-0.1, -0.05) is 0 Å². The van der Waals surface area contributed by atoms with Gasteiger partial charge in [-0.2, -0.15) is 0 Å². The van der Waals surface area contributed by atoms with Gasteiger partial charge in [-0.3, -0.25) is 4.98 Å². The van der Waals surface area contributed by atoms with Crippen LogP contribution in [0, 0.1) is 22.9 Å². The molecule has 1 fully saturated rings. The number of rotatable bonds is 11. The fraction of sp³-hybridized carbons (Fsp3) is 0.464. The number of aliphatic hydroxyl groups is 1. The summed E-state index contributed by atoms with van der Waals surface area (Å²) >= 11 is 0. The summed E-state index contributed by atoms with van der Waals surface area (Å²) in [5.41, 5.74) is 7.13. The van der Waals surface area contributed by atoms with E-state index in [1.54, 1.807) is 31.5 Å². The number of benzene rings is 2. The fourth-order valence-corrected chi connectivity index (χ4v) is 5.24. The van der Waals surface area contributed by atoms with Crippen LogP contribution in [0.4, 0.5) is 23.2 Å². The predicted octanol–water partition coefficient (Wildman–Crippen LogP) is 5.10. The normalized spacial score (nSPS) is 16.5. The average Bonchev–Trinajstić information content (AvgIpc) is 2.94. The molecule has 3 aromatic rings. The highest BCUT2D eigenvalue weighted by molar-refractivity contribution is 5.85. The van der Waals surface area contributed by atoms with Gasteiger partial charge < -0.3 is 25.8 Å². The largest absolute Gasteiger partial charge is 0.497 e. The summed E-state index contributed by atoms with van der Waals surface area (Å²) in [5.74, 6) is -2.58. The van der Waals surface area contributed by atoms with Crippen molar-refractivity contribution >= 4 is 16.6 Å². The molecular formula is C28H34F4N4O2. The molecule has 0 bridgehead atoms. The van der Waals surface area contributed by atoms with Crippen LogP contribution in [0.5, 0.6) is 5.75 Å². The van der Waals surface area contributed by atoms with Gasteiger partial charge >= 0.3 is 0 Å². The number of aromatic nitrogens is 1. The lowest BCUT2D eigenvalue weighted by molar-refractivity contribution is 0.0315. The van der Waals surface area contributed by atoms with Gasteiger partial charge in [-0.25, -0.2) is 17.6 Å². The molecule has 0 spiro atoms. The Hall–Kier alpha value is -2.95. The third-order valence-electron chi connectivity index (χ3n) is 7.65. The minimum Gasteiger partial charge on any atom is -0.497 e. The Morgan fingerprint density at radius 1 is 1.18 bits per heavy atom. The highest BCUT2D eigenvalue weighted by Crippen LogP contribution is 2.41. The zero-order chi connectivity index (χ0) is 27.3. The molecule has 2 aromatic carbocycles. The molecular weight excluding hydrogens is 500 g/mol. The van der Waals surface area contributed by atoms with Crippen molar-refractivity contribution < 1.29 is 27.4 Å². The first-order valence-electron chi connectivity index (χ1n) is 12.8. The van der Waals surface area contributed by atoms with E-state index in [4.69, 9.17) is 10.5 Å².